The van der Waals surface area contributed by atoms with Crippen molar-refractivity contribution in [3.05, 3.63) is 34.9 Å². The van der Waals surface area contributed by atoms with E-state index in [1.807, 2.05) is 0 Å². The molecule has 28 heavy (non-hydrogen) atoms. The number of rotatable bonds is 9. The Morgan fingerprint density at radius 3 is 2.61 bits per heavy atom. The van der Waals surface area contributed by atoms with Crippen LogP contribution in [-0.4, -0.2) is 76.4 Å². The van der Waals surface area contributed by atoms with Crippen molar-refractivity contribution >= 4 is 23.5 Å². The molecule has 156 valence electrons. The lowest BCUT2D eigenvalue weighted by atomic mass is 10.1. The quantitative estimate of drug-likeness (QED) is 0.370. The van der Waals surface area contributed by atoms with E-state index < -0.39 is 0 Å². The van der Waals surface area contributed by atoms with Gasteiger partial charge in [0.25, 0.3) is 5.91 Å². The number of ether oxygens (including phenoxy) is 2. The second-order valence-electron chi connectivity index (χ2n) is 6.61. The Labute approximate surface area is 172 Å². The van der Waals surface area contributed by atoms with Gasteiger partial charge in [0.05, 0.1) is 16.7 Å². The fraction of sp³-hybridized carbons (Fsp3) is 0.600. The fourth-order valence-electron chi connectivity index (χ4n) is 3.11. The van der Waals surface area contributed by atoms with Gasteiger partial charge in [-0.3, -0.25) is 9.79 Å². The van der Waals surface area contributed by atoms with Crippen molar-refractivity contribution in [1.29, 1.82) is 0 Å². The van der Waals surface area contributed by atoms with Crippen LogP contribution in [0.25, 0.3) is 0 Å². The number of amides is 1. The number of piperidine rings is 1. The largest absolute Gasteiger partial charge is 0.385 e. The molecule has 0 spiro atoms. The molecule has 1 saturated heterocycles. The highest BCUT2D eigenvalue weighted by Crippen LogP contribution is 2.15. The first-order valence-corrected chi connectivity index (χ1v) is 10.1. The highest BCUT2D eigenvalue weighted by Gasteiger charge is 2.21. The van der Waals surface area contributed by atoms with E-state index in [0.29, 0.717) is 29.8 Å². The summed E-state index contributed by atoms with van der Waals surface area (Å²) in [5, 5.41) is 6.63. The first-order valence-electron chi connectivity index (χ1n) is 9.74. The van der Waals surface area contributed by atoms with Gasteiger partial charge in [0, 0.05) is 53.6 Å². The third-order valence-corrected chi connectivity index (χ3v) is 4.94. The van der Waals surface area contributed by atoms with E-state index in [1.165, 1.54) is 0 Å². The van der Waals surface area contributed by atoms with Gasteiger partial charge in [-0.05, 0) is 31.4 Å². The topological polar surface area (TPSA) is 75.2 Å². The molecule has 0 aromatic heterocycles. The number of nitrogens with one attached hydrogen (secondary N) is 2. The van der Waals surface area contributed by atoms with Gasteiger partial charge in [0.2, 0.25) is 0 Å². The molecule has 1 heterocycles. The minimum absolute atomic E-state index is 0.172. The van der Waals surface area contributed by atoms with Crippen LogP contribution >= 0.6 is 11.6 Å². The number of guanidine groups is 1. The van der Waals surface area contributed by atoms with Crippen LogP contribution in [0.3, 0.4) is 0 Å². The SMILES string of the molecule is CN=C(NCCNC(=O)c1ccccc1Cl)N1CCC(OCCCOC)CC1. The minimum atomic E-state index is -0.172. The minimum Gasteiger partial charge on any atom is -0.385 e. The van der Waals surface area contributed by atoms with Crippen LogP contribution in [0.15, 0.2) is 29.3 Å². The fourth-order valence-corrected chi connectivity index (χ4v) is 3.33. The first kappa shape index (κ1) is 22.5. The van der Waals surface area contributed by atoms with Crippen molar-refractivity contribution in [2.45, 2.75) is 25.4 Å². The lowest BCUT2D eigenvalue weighted by Gasteiger charge is -2.34. The van der Waals surface area contributed by atoms with Gasteiger partial charge in [-0.1, -0.05) is 23.7 Å². The number of aliphatic imine (C=N–C) groups is 1. The van der Waals surface area contributed by atoms with Gasteiger partial charge in [0.15, 0.2) is 5.96 Å². The number of benzene rings is 1. The number of hydrogen-bond donors (Lipinski definition) is 2. The van der Waals surface area contributed by atoms with Crippen LogP contribution in [0, 0.1) is 0 Å². The van der Waals surface area contributed by atoms with Gasteiger partial charge in [-0.2, -0.15) is 0 Å². The second kappa shape index (κ2) is 12.6. The van der Waals surface area contributed by atoms with E-state index in [2.05, 4.69) is 20.5 Å². The molecule has 7 nitrogen and oxygen atoms in total. The van der Waals surface area contributed by atoms with Gasteiger partial charge < -0.3 is 25.0 Å². The van der Waals surface area contributed by atoms with Crippen LogP contribution in [0.5, 0.6) is 0 Å². The molecule has 2 N–H and O–H groups in total. The molecule has 1 fully saturated rings. The van der Waals surface area contributed by atoms with E-state index in [-0.39, 0.29) is 5.91 Å². The Balaban J connectivity index is 1.65. The summed E-state index contributed by atoms with van der Waals surface area (Å²) in [4.78, 5) is 18.7. The molecule has 1 amide bonds. The number of carbonyl (C=O) groups excluding carboxylic acids is 1. The molecule has 0 atom stereocenters. The molecule has 0 unspecified atom stereocenters. The zero-order valence-electron chi connectivity index (χ0n) is 16.7. The van der Waals surface area contributed by atoms with Crippen molar-refractivity contribution in [2.75, 3.05) is 53.6 Å². The van der Waals surface area contributed by atoms with Crippen LogP contribution in [-0.2, 0) is 9.47 Å². The summed E-state index contributed by atoms with van der Waals surface area (Å²) in [6, 6.07) is 7.03. The standard InChI is InChI=1S/C20H31ClN4O3/c1-22-20(25-12-8-16(9-13-25)28-15-5-14-27-2)24-11-10-23-19(26)17-6-3-4-7-18(17)21/h3-4,6-7,16H,5,8-15H2,1-2H3,(H,22,24)(H,23,26). The molecule has 0 radical (unpaired) electrons. The third kappa shape index (κ3) is 7.30. The third-order valence-electron chi connectivity index (χ3n) is 4.61. The summed E-state index contributed by atoms with van der Waals surface area (Å²) < 4.78 is 10.9. The molecule has 0 bridgehead atoms. The van der Waals surface area contributed by atoms with Crippen LogP contribution in [0.2, 0.25) is 5.02 Å². The number of likely N-dealkylation sites (tertiary alicyclic amines) is 1. The molecule has 2 rings (SSSR count). The summed E-state index contributed by atoms with van der Waals surface area (Å²) in [5.41, 5.74) is 0.487. The Morgan fingerprint density at radius 2 is 1.93 bits per heavy atom. The summed E-state index contributed by atoms with van der Waals surface area (Å²) >= 11 is 6.05. The Bertz CT molecular complexity index is 634. The first-order chi connectivity index (χ1) is 13.7. The maximum Gasteiger partial charge on any atom is 0.252 e. The number of halogens is 1. The molecule has 1 aromatic carbocycles. The normalized spacial score (nSPS) is 15.5. The monoisotopic (exact) mass is 410 g/mol. The molecule has 0 saturated carbocycles. The number of carbonyl (C=O) groups is 1. The Hall–Kier alpha value is -1.83. The summed E-state index contributed by atoms with van der Waals surface area (Å²) in [6.45, 7) is 4.37. The van der Waals surface area contributed by atoms with E-state index in [9.17, 15) is 4.79 Å². The van der Waals surface area contributed by atoms with Crippen molar-refractivity contribution < 1.29 is 14.3 Å². The highest BCUT2D eigenvalue weighted by atomic mass is 35.5. The van der Waals surface area contributed by atoms with Crippen molar-refractivity contribution in [3.8, 4) is 0 Å². The number of methoxy groups -OCH3 is 1. The van der Waals surface area contributed by atoms with E-state index in [4.69, 9.17) is 21.1 Å². The van der Waals surface area contributed by atoms with Crippen LogP contribution in [0.1, 0.15) is 29.6 Å². The van der Waals surface area contributed by atoms with E-state index >= 15 is 0 Å². The highest BCUT2D eigenvalue weighted by molar-refractivity contribution is 6.33. The number of hydrogen-bond acceptors (Lipinski definition) is 4. The molecule has 1 aromatic rings. The molecular formula is C20H31ClN4O3. The molecule has 1 aliphatic rings. The maximum absolute atomic E-state index is 12.2. The van der Waals surface area contributed by atoms with Gasteiger partial charge in [0.1, 0.15) is 0 Å². The van der Waals surface area contributed by atoms with Crippen molar-refractivity contribution in [2.24, 2.45) is 4.99 Å². The number of nitrogens with zero attached hydrogens (tertiary/aromatic N) is 2. The van der Waals surface area contributed by atoms with Crippen molar-refractivity contribution in [3.63, 3.8) is 0 Å². The average molecular weight is 411 g/mol. The average Bonchev–Trinajstić information content (AvgIpc) is 2.72. The van der Waals surface area contributed by atoms with Crippen LogP contribution < -0.4 is 10.6 Å². The summed E-state index contributed by atoms with van der Waals surface area (Å²) in [7, 11) is 3.48. The lowest BCUT2D eigenvalue weighted by Crippen LogP contribution is -2.48. The Morgan fingerprint density at radius 1 is 1.21 bits per heavy atom. The predicted octanol–water partition coefficient (Wildman–Crippen LogP) is 2.16. The molecule has 0 aliphatic carbocycles. The second-order valence-corrected chi connectivity index (χ2v) is 7.02. The zero-order chi connectivity index (χ0) is 20.2. The molecule has 1 aliphatic heterocycles. The van der Waals surface area contributed by atoms with Gasteiger partial charge in [-0.15, -0.1) is 0 Å². The smallest absolute Gasteiger partial charge is 0.252 e. The lowest BCUT2D eigenvalue weighted by molar-refractivity contribution is 0.00991. The predicted molar refractivity (Wildman–Crippen MR) is 112 cm³/mol. The van der Waals surface area contributed by atoms with Gasteiger partial charge in [-0.25, -0.2) is 0 Å². The van der Waals surface area contributed by atoms with E-state index in [0.717, 1.165) is 51.5 Å². The maximum atomic E-state index is 12.2. The Kier molecular flexibility index (Phi) is 10.1. The van der Waals surface area contributed by atoms with Crippen molar-refractivity contribution in [1.82, 2.24) is 15.5 Å². The molecular weight excluding hydrogens is 380 g/mol. The summed E-state index contributed by atoms with van der Waals surface area (Å²) in [5.74, 6) is 0.679. The summed E-state index contributed by atoms with van der Waals surface area (Å²) in [6.07, 6.45) is 3.20. The van der Waals surface area contributed by atoms with Gasteiger partial charge >= 0.3 is 0 Å². The zero-order valence-corrected chi connectivity index (χ0v) is 17.5. The van der Waals surface area contributed by atoms with E-state index in [1.54, 1.807) is 38.4 Å². The molecule has 8 heteroatoms. The van der Waals surface area contributed by atoms with Crippen LogP contribution in [0.4, 0.5) is 0 Å².